The molecule has 1 aliphatic rings. The van der Waals surface area contributed by atoms with E-state index in [1.165, 1.54) is 12.1 Å². The summed E-state index contributed by atoms with van der Waals surface area (Å²) in [5, 5.41) is 10.3. The third-order valence-electron chi connectivity index (χ3n) is 4.03. The molecule has 1 saturated carbocycles. The maximum Gasteiger partial charge on any atom is 0.129 e. The van der Waals surface area contributed by atoms with E-state index in [-0.39, 0.29) is 17.9 Å². The van der Waals surface area contributed by atoms with Gasteiger partial charge in [0, 0.05) is 18.5 Å². The largest absolute Gasteiger partial charge is 0.392 e. The molecule has 0 saturated heterocycles. The molecule has 2 rings (SSSR count). The highest BCUT2D eigenvalue weighted by molar-refractivity contribution is 5.25. The van der Waals surface area contributed by atoms with Crippen molar-refractivity contribution in [3.63, 3.8) is 0 Å². The van der Waals surface area contributed by atoms with Crippen LogP contribution in [0, 0.1) is 23.0 Å². The van der Waals surface area contributed by atoms with E-state index in [2.05, 4.69) is 13.8 Å². The minimum atomic E-state index is -0.676. The van der Waals surface area contributed by atoms with E-state index < -0.39 is 23.7 Å². The Morgan fingerprint density at radius 1 is 1.44 bits per heavy atom. The summed E-state index contributed by atoms with van der Waals surface area (Å²) in [6.45, 7) is 4.28. The van der Waals surface area contributed by atoms with Crippen molar-refractivity contribution in [2.75, 3.05) is 6.54 Å². The van der Waals surface area contributed by atoms with Crippen LogP contribution in [-0.4, -0.2) is 17.8 Å². The fourth-order valence-electron chi connectivity index (χ4n) is 2.62. The van der Waals surface area contributed by atoms with Gasteiger partial charge < -0.3 is 10.8 Å². The van der Waals surface area contributed by atoms with Crippen LogP contribution in [-0.2, 0) is 0 Å². The first-order valence-corrected chi connectivity index (χ1v) is 6.20. The molecule has 0 aromatic heterocycles. The van der Waals surface area contributed by atoms with Crippen LogP contribution in [0.4, 0.5) is 8.78 Å². The predicted octanol–water partition coefficient (Wildman–Crippen LogP) is 2.41. The Balaban J connectivity index is 2.23. The van der Waals surface area contributed by atoms with Crippen LogP contribution in [0.3, 0.4) is 0 Å². The number of nitrogens with two attached hydrogens (primary N) is 1. The number of halogens is 2. The van der Waals surface area contributed by atoms with Crippen LogP contribution in [0.1, 0.15) is 31.7 Å². The number of aliphatic hydroxyl groups excluding tert-OH is 1. The van der Waals surface area contributed by atoms with E-state index in [0.29, 0.717) is 5.56 Å². The zero-order valence-electron chi connectivity index (χ0n) is 10.7. The van der Waals surface area contributed by atoms with Gasteiger partial charge in [0.25, 0.3) is 0 Å². The molecule has 1 aliphatic carbocycles. The normalized spacial score (nSPS) is 24.7. The Bertz CT molecular complexity index is 447. The van der Waals surface area contributed by atoms with Crippen molar-refractivity contribution in [1.82, 2.24) is 0 Å². The monoisotopic (exact) mass is 255 g/mol. The third-order valence-corrected chi connectivity index (χ3v) is 4.03. The molecule has 0 amide bonds. The Kier molecular flexibility index (Phi) is 3.43. The molecule has 2 nitrogen and oxygen atoms in total. The van der Waals surface area contributed by atoms with Crippen LogP contribution in [0.5, 0.6) is 0 Å². The molecule has 4 heteroatoms. The second-order valence-electron chi connectivity index (χ2n) is 5.80. The summed E-state index contributed by atoms with van der Waals surface area (Å²) in [7, 11) is 0. The van der Waals surface area contributed by atoms with Crippen molar-refractivity contribution in [2.45, 2.75) is 32.3 Å². The van der Waals surface area contributed by atoms with E-state index in [1.54, 1.807) is 0 Å². The lowest BCUT2D eigenvalue weighted by molar-refractivity contribution is 0.108. The van der Waals surface area contributed by atoms with Gasteiger partial charge in [0.15, 0.2) is 0 Å². The van der Waals surface area contributed by atoms with Gasteiger partial charge in [-0.25, -0.2) is 8.78 Å². The molecule has 18 heavy (non-hydrogen) atoms. The molecule has 100 valence electrons. The number of hydrogen-bond acceptors (Lipinski definition) is 2. The smallest absolute Gasteiger partial charge is 0.129 e. The highest BCUT2D eigenvalue weighted by Crippen LogP contribution is 2.55. The van der Waals surface area contributed by atoms with Crippen LogP contribution >= 0.6 is 0 Å². The summed E-state index contributed by atoms with van der Waals surface area (Å²) in [6.07, 6.45) is 0.234. The Hall–Kier alpha value is -1.00. The van der Waals surface area contributed by atoms with Crippen LogP contribution in [0.15, 0.2) is 18.2 Å². The summed E-state index contributed by atoms with van der Waals surface area (Å²) in [4.78, 5) is 0. The Morgan fingerprint density at radius 2 is 2.06 bits per heavy atom. The van der Waals surface area contributed by atoms with Crippen LogP contribution in [0.2, 0.25) is 0 Å². The molecule has 1 aromatic rings. The van der Waals surface area contributed by atoms with E-state index in [4.69, 9.17) is 5.73 Å². The zero-order chi connectivity index (χ0) is 13.5. The van der Waals surface area contributed by atoms with E-state index in [9.17, 15) is 13.9 Å². The molecule has 0 radical (unpaired) electrons. The van der Waals surface area contributed by atoms with Crippen molar-refractivity contribution in [3.05, 3.63) is 35.4 Å². The first kappa shape index (κ1) is 13.4. The number of benzene rings is 1. The van der Waals surface area contributed by atoms with Crippen molar-refractivity contribution in [2.24, 2.45) is 17.1 Å². The van der Waals surface area contributed by atoms with Gasteiger partial charge in [-0.1, -0.05) is 19.9 Å². The van der Waals surface area contributed by atoms with Gasteiger partial charge >= 0.3 is 0 Å². The van der Waals surface area contributed by atoms with Gasteiger partial charge in [-0.05, 0) is 29.4 Å². The fourth-order valence-corrected chi connectivity index (χ4v) is 2.62. The SMILES string of the molecule is CC1(C)CC1C(O)C(CN)c1ccc(F)cc1F. The number of aliphatic hydroxyl groups is 1. The van der Waals surface area contributed by atoms with Gasteiger partial charge in [0.05, 0.1) is 6.10 Å². The molecule has 0 heterocycles. The summed E-state index contributed by atoms with van der Waals surface area (Å²) in [5.41, 5.74) is 6.03. The van der Waals surface area contributed by atoms with E-state index in [1.807, 2.05) is 0 Å². The maximum atomic E-state index is 13.7. The highest BCUT2D eigenvalue weighted by atomic mass is 19.1. The molecular weight excluding hydrogens is 236 g/mol. The van der Waals surface area contributed by atoms with Gasteiger partial charge in [-0.3, -0.25) is 0 Å². The van der Waals surface area contributed by atoms with Gasteiger partial charge in [0.2, 0.25) is 0 Å². The second-order valence-corrected chi connectivity index (χ2v) is 5.80. The minimum Gasteiger partial charge on any atom is -0.392 e. The van der Waals surface area contributed by atoms with Crippen molar-refractivity contribution < 1.29 is 13.9 Å². The summed E-state index contributed by atoms with van der Waals surface area (Å²) in [6, 6.07) is 3.41. The number of rotatable bonds is 4. The molecule has 1 fully saturated rings. The molecule has 0 spiro atoms. The second kappa shape index (κ2) is 4.59. The molecular formula is C14H19F2NO. The topological polar surface area (TPSA) is 46.2 Å². The van der Waals surface area contributed by atoms with Crippen LogP contribution < -0.4 is 5.73 Å². The van der Waals surface area contributed by atoms with Gasteiger partial charge in [0.1, 0.15) is 11.6 Å². The first-order valence-electron chi connectivity index (χ1n) is 6.20. The lowest BCUT2D eigenvalue weighted by Gasteiger charge is -2.23. The molecule has 1 aromatic carbocycles. The molecule has 3 atom stereocenters. The van der Waals surface area contributed by atoms with E-state index in [0.717, 1.165) is 12.5 Å². The molecule has 0 aliphatic heterocycles. The molecule has 0 bridgehead atoms. The maximum absolute atomic E-state index is 13.7. The van der Waals surface area contributed by atoms with Crippen molar-refractivity contribution in [3.8, 4) is 0 Å². The van der Waals surface area contributed by atoms with Gasteiger partial charge in [-0.15, -0.1) is 0 Å². The predicted molar refractivity (Wildman–Crippen MR) is 66.0 cm³/mol. The third kappa shape index (κ3) is 2.40. The average molecular weight is 255 g/mol. The zero-order valence-corrected chi connectivity index (χ0v) is 10.7. The van der Waals surface area contributed by atoms with E-state index >= 15 is 0 Å². The van der Waals surface area contributed by atoms with Crippen molar-refractivity contribution in [1.29, 1.82) is 0 Å². The minimum absolute atomic E-state index is 0.0867. The summed E-state index contributed by atoms with van der Waals surface area (Å²) >= 11 is 0. The highest BCUT2D eigenvalue weighted by Gasteiger charge is 2.51. The average Bonchev–Trinajstić information content (AvgIpc) is 2.91. The van der Waals surface area contributed by atoms with Crippen molar-refractivity contribution >= 4 is 0 Å². The fraction of sp³-hybridized carbons (Fsp3) is 0.571. The lowest BCUT2D eigenvalue weighted by Crippen LogP contribution is -2.29. The standard InChI is InChI=1S/C14H19F2NO/c1-14(2)6-11(14)13(18)10(7-17)9-4-3-8(15)5-12(9)16/h3-5,10-11,13,18H,6-7,17H2,1-2H3. The summed E-state index contributed by atoms with van der Waals surface area (Å²) < 4.78 is 26.6. The van der Waals surface area contributed by atoms with Gasteiger partial charge in [-0.2, -0.15) is 0 Å². The molecule has 3 unspecified atom stereocenters. The summed E-state index contributed by atoms with van der Waals surface area (Å²) in [5.74, 6) is -1.59. The Labute approximate surface area is 106 Å². The molecule has 3 N–H and O–H groups in total. The number of hydrogen-bond donors (Lipinski definition) is 2. The quantitative estimate of drug-likeness (QED) is 0.868. The first-order chi connectivity index (χ1) is 8.36. The lowest BCUT2D eigenvalue weighted by atomic mass is 9.88. The Morgan fingerprint density at radius 3 is 2.50 bits per heavy atom. The van der Waals surface area contributed by atoms with Crippen LogP contribution in [0.25, 0.3) is 0 Å².